The van der Waals surface area contributed by atoms with Crippen molar-refractivity contribution in [2.75, 3.05) is 6.54 Å². The normalized spacial score (nSPS) is 13.6. The van der Waals surface area contributed by atoms with Crippen molar-refractivity contribution in [3.8, 4) is 0 Å². The smallest absolute Gasteiger partial charge is 0.308 e. The number of hydrogen-bond donors (Lipinski definition) is 2. The molecule has 0 aliphatic heterocycles. The molecule has 1 amide bonds. The fourth-order valence-corrected chi connectivity index (χ4v) is 1.69. The van der Waals surface area contributed by atoms with Crippen molar-refractivity contribution in [2.24, 2.45) is 17.3 Å². The lowest BCUT2D eigenvalue weighted by Gasteiger charge is -2.25. The van der Waals surface area contributed by atoms with Crippen LogP contribution in [0, 0.1) is 17.3 Å². The predicted molar refractivity (Wildman–Crippen MR) is 63.0 cm³/mol. The van der Waals surface area contributed by atoms with E-state index in [-0.39, 0.29) is 12.5 Å². The molecule has 0 aliphatic carbocycles. The Balaban J connectivity index is 4.20. The molecule has 0 saturated carbocycles. The first-order valence-electron chi connectivity index (χ1n) is 5.68. The molecular formula is C12H23NO3. The fraction of sp³-hybridized carbons (Fsp3) is 0.833. The highest BCUT2D eigenvalue weighted by Crippen LogP contribution is 2.25. The van der Waals surface area contributed by atoms with Gasteiger partial charge in [0.05, 0.1) is 5.92 Å². The Labute approximate surface area is 97.4 Å². The molecule has 4 nitrogen and oxygen atoms in total. The largest absolute Gasteiger partial charge is 0.481 e. The van der Waals surface area contributed by atoms with Crippen LogP contribution in [0.3, 0.4) is 0 Å². The van der Waals surface area contributed by atoms with Gasteiger partial charge in [-0.1, -0.05) is 34.6 Å². The number of rotatable bonds is 6. The molecule has 0 fully saturated rings. The molecule has 0 saturated heterocycles. The number of carbonyl (C=O) groups is 2. The second-order valence-electron chi connectivity index (χ2n) is 5.43. The van der Waals surface area contributed by atoms with E-state index in [4.69, 9.17) is 5.11 Å². The molecule has 16 heavy (non-hydrogen) atoms. The van der Waals surface area contributed by atoms with E-state index in [1.165, 1.54) is 0 Å². The van der Waals surface area contributed by atoms with Gasteiger partial charge in [0.15, 0.2) is 0 Å². The molecule has 0 rings (SSSR count). The fourth-order valence-electron chi connectivity index (χ4n) is 1.69. The minimum atomic E-state index is -0.887. The second-order valence-corrected chi connectivity index (χ2v) is 5.43. The minimum Gasteiger partial charge on any atom is -0.481 e. The van der Waals surface area contributed by atoms with E-state index >= 15 is 0 Å². The van der Waals surface area contributed by atoms with Gasteiger partial charge < -0.3 is 10.4 Å². The number of carbonyl (C=O) groups excluding carboxylic acids is 1. The first kappa shape index (κ1) is 14.9. The van der Waals surface area contributed by atoms with Crippen molar-refractivity contribution in [2.45, 2.75) is 41.0 Å². The molecule has 4 heteroatoms. The molecule has 0 spiro atoms. The predicted octanol–water partition coefficient (Wildman–Crippen LogP) is 1.90. The molecule has 0 aliphatic rings. The SMILES string of the molecule is CC(C)CC(C)(C)C(=O)NCC(C)C(=O)O. The number of carboxylic acid groups (broad SMARTS) is 1. The summed E-state index contributed by atoms with van der Waals surface area (Å²) in [5.74, 6) is -1.06. The summed E-state index contributed by atoms with van der Waals surface area (Å²) in [6.07, 6.45) is 0.792. The Morgan fingerprint density at radius 1 is 1.25 bits per heavy atom. The summed E-state index contributed by atoms with van der Waals surface area (Å²) in [7, 11) is 0. The highest BCUT2D eigenvalue weighted by molar-refractivity contribution is 5.82. The summed E-state index contributed by atoms with van der Waals surface area (Å²) in [5.41, 5.74) is -0.438. The van der Waals surface area contributed by atoms with E-state index in [9.17, 15) is 9.59 Å². The van der Waals surface area contributed by atoms with E-state index in [0.717, 1.165) is 6.42 Å². The van der Waals surface area contributed by atoms with E-state index in [2.05, 4.69) is 19.2 Å². The molecular weight excluding hydrogens is 206 g/mol. The van der Waals surface area contributed by atoms with Crippen LogP contribution < -0.4 is 5.32 Å². The highest BCUT2D eigenvalue weighted by Gasteiger charge is 2.28. The topological polar surface area (TPSA) is 66.4 Å². The summed E-state index contributed by atoms with van der Waals surface area (Å²) in [6.45, 7) is 9.67. The van der Waals surface area contributed by atoms with Crippen molar-refractivity contribution in [3.63, 3.8) is 0 Å². The number of nitrogens with one attached hydrogen (secondary N) is 1. The van der Waals surface area contributed by atoms with Gasteiger partial charge in [-0.3, -0.25) is 9.59 Å². The van der Waals surface area contributed by atoms with Crippen molar-refractivity contribution >= 4 is 11.9 Å². The highest BCUT2D eigenvalue weighted by atomic mass is 16.4. The molecule has 2 N–H and O–H groups in total. The van der Waals surface area contributed by atoms with Crippen LogP contribution in [0.1, 0.15) is 41.0 Å². The van der Waals surface area contributed by atoms with Crippen LogP contribution in [0.5, 0.6) is 0 Å². The van der Waals surface area contributed by atoms with E-state index in [0.29, 0.717) is 5.92 Å². The van der Waals surface area contributed by atoms with Crippen LogP contribution in [0.25, 0.3) is 0 Å². The van der Waals surface area contributed by atoms with Crippen LogP contribution in [0.2, 0.25) is 0 Å². The van der Waals surface area contributed by atoms with Crippen LogP contribution in [0.4, 0.5) is 0 Å². The lowest BCUT2D eigenvalue weighted by molar-refractivity contribution is -0.141. The molecule has 0 radical (unpaired) electrons. The first-order chi connectivity index (χ1) is 7.16. The zero-order chi connectivity index (χ0) is 12.9. The van der Waals surface area contributed by atoms with Crippen LogP contribution in [0.15, 0.2) is 0 Å². The zero-order valence-electron chi connectivity index (χ0n) is 10.8. The average molecular weight is 229 g/mol. The summed E-state index contributed by atoms with van der Waals surface area (Å²) >= 11 is 0. The summed E-state index contributed by atoms with van der Waals surface area (Å²) in [6, 6.07) is 0. The van der Waals surface area contributed by atoms with Crippen molar-refractivity contribution in [1.82, 2.24) is 5.32 Å². The van der Waals surface area contributed by atoms with Gasteiger partial charge >= 0.3 is 5.97 Å². The van der Waals surface area contributed by atoms with E-state index < -0.39 is 17.3 Å². The van der Waals surface area contributed by atoms with Gasteiger partial charge in [0.2, 0.25) is 5.91 Å². The Kier molecular flexibility index (Phi) is 5.48. The molecule has 0 aromatic carbocycles. The third-order valence-corrected chi connectivity index (χ3v) is 2.52. The summed E-state index contributed by atoms with van der Waals surface area (Å²) < 4.78 is 0. The van der Waals surface area contributed by atoms with E-state index in [1.807, 2.05) is 13.8 Å². The molecule has 0 aromatic heterocycles. The minimum absolute atomic E-state index is 0.0747. The van der Waals surface area contributed by atoms with Gasteiger partial charge in [0.25, 0.3) is 0 Å². The monoisotopic (exact) mass is 229 g/mol. The van der Waals surface area contributed by atoms with Gasteiger partial charge in [-0.15, -0.1) is 0 Å². The van der Waals surface area contributed by atoms with Gasteiger partial charge in [-0.05, 0) is 12.3 Å². The van der Waals surface area contributed by atoms with Gasteiger partial charge in [-0.2, -0.15) is 0 Å². The Bertz CT molecular complexity index is 259. The van der Waals surface area contributed by atoms with Crippen LogP contribution in [-0.2, 0) is 9.59 Å². The summed E-state index contributed by atoms with van der Waals surface area (Å²) in [5, 5.41) is 11.4. The van der Waals surface area contributed by atoms with Crippen molar-refractivity contribution in [1.29, 1.82) is 0 Å². The molecule has 0 aromatic rings. The maximum Gasteiger partial charge on any atom is 0.308 e. The van der Waals surface area contributed by atoms with Gasteiger partial charge in [0.1, 0.15) is 0 Å². The van der Waals surface area contributed by atoms with Crippen molar-refractivity contribution in [3.05, 3.63) is 0 Å². The van der Waals surface area contributed by atoms with E-state index in [1.54, 1.807) is 6.92 Å². The standard InChI is InChI=1S/C12H23NO3/c1-8(2)6-12(4,5)11(16)13-7-9(3)10(14)15/h8-9H,6-7H2,1-5H3,(H,13,16)(H,14,15). The lowest BCUT2D eigenvalue weighted by Crippen LogP contribution is -2.40. The second kappa shape index (κ2) is 5.87. The Morgan fingerprint density at radius 3 is 2.12 bits per heavy atom. The third kappa shape index (κ3) is 5.14. The maximum absolute atomic E-state index is 11.8. The van der Waals surface area contributed by atoms with Gasteiger partial charge in [0, 0.05) is 12.0 Å². The quantitative estimate of drug-likeness (QED) is 0.731. The Hall–Kier alpha value is -1.06. The summed E-state index contributed by atoms with van der Waals surface area (Å²) in [4.78, 5) is 22.4. The molecule has 0 heterocycles. The number of hydrogen-bond acceptors (Lipinski definition) is 2. The molecule has 0 bridgehead atoms. The molecule has 1 atom stereocenters. The third-order valence-electron chi connectivity index (χ3n) is 2.52. The number of carboxylic acids is 1. The van der Waals surface area contributed by atoms with Crippen LogP contribution >= 0.6 is 0 Å². The zero-order valence-corrected chi connectivity index (χ0v) is 10.8. The molecule has 1 unspecified atom stereocenters. The average Bonchev–Trinajstić information content (AvgIpc) is 2.10. The Morgan fingerprint density at radius 2 is 1.75 bits per heavy atom. The van der Waals surface area contributed by atoms with Gasteiger partial charge in [-0.25, -0.2) is 0 Å². The number of amides is 1. The lowest BCUT2D eigenvalue weighted by atomic mass is 9.83. The first-order valence-corrected chi connectivity index (χ1v) is 5.68. The molecule has 94 valence electrons. The maximum atomic E-state index is 11.8. The van der Waals surface area contributed by atoms with Crippen LogP contribution in [-0.4, -0.2) is 23.5 Å². The number of aliphatic carboxylic acids is 1. The van der Waals surface area contributed by atoms with Crippen molar-refractivity contribution < 1.29 is 14.7 Å².